The molecular weight excluding hydrogens is 470 g/mol. The van der Waals surface area contributed by atoms with E-state index in [2.05, 4.69) is 4.98 Å². The first kappa shape index (κ1) is 23.8. The predicted octanol–water partition coefficient (Wildman–Crippen LogP) is 5.12. The number of nitrogens with zero attached hydrogens (tertiary/aromatic N) is 3. The van der Waals surface area contributed by atoms with Crippen molar-refractivity contribution >= 4 is 42.4 Å². The molecule has 0 saturated carbocycles. The lowest BCUT2D eigenvalue weighted by atomic mass is 10.2. The Bertz CT molecular complexity index is 1420. The second-order valence-electron chi connectivity index (χ2n) is 7.93. The summed E-state index contributed by atoms with van der Waals surface area (Å²) >= 11 is 1.38. The molecule has 1 amide bonds. The lowest BCUT2D eigenvalue weighted by Crippen LogP contribution is -2.30. The fourth-order valence-corrected chi connectivity index (χ4v) is 5.49. The van der Waals surface area contributed by atoms with Crippen LogP contribution in [0.15, 0.2) is 71.9 Å². The van der Waals surface area contributed by atoms with Gasteiger partial charge in [0.15, 0.2) is 15.0 Å². The lowest BCUT2D eigenvalue weighted by molar-refractivity contribution is 0.0985. The SMILES string of the molecule is CCOc1ccc2nc(N(Cc3ccncc3)C(=O)c3cccc(S(=O)(=O)C(C)C)c3)sc2c1. The molecule has 34 heavy (non-hydrogen) atoms. The molecule has 4 aromatic rings. The van der Waals surface area contributed by atoms with E-state index >= 15 is 0 Å². The van der Waals surface area contributed by atoms with Gasteiger partial charge >= 0.3 is 0 Å². The first-order valence-corrected chi connectivity index (χ1v) is 13.2. The van der Waals surface area contributed by atoms with Crippen molar-refractivity contribution in [3.63, 3.8) is 0 Å². The number of thiazole rings is 1. The van der Waals surface area contributed by atoms with Gasteiger partial charge in [-0.15, -0.1) is 0 Å². The minimum absolute atomic E-state index is 0.128. The zero-order chi connectivity index (χ0) is 24.3. The summed E-state index contributed by atoms with van der Waals surface area (Å²) in [4.78, 5) is 24.1. The average Bonchev–Trinajstić information content (AvgIpc) is 3.26. The third-order valence-corrected chi connectivity index (χ3v) is 8.45. The van der Waals surface area contributed by atoms with Crippen LogP contribution in [0.5, 0.6) is 5.75 Å². The van der Waals surface area contributed by atoms with E-state index in [-0.39, 0.29) is 22.9 Å². The van der Waals surface area contributed by atoms with Gasteiger partial charge in [0.1, 0.15) is 5.75 Å². The van der Waals surface area contributed by atoms with Crippen molar-refractivity contribution in [1.82, 2.24) is 9.97 Å². The molecule has 0 unspecified atom stereocenters. The van der Waals surface area contributed by atoms with Crippen LogP contribution in [0.1, 0.15) is 36.7 Å². The van der Waals surface area contributed by atoms with Crippen LogP contribution in [0.2, 0.25) is 0 Å². The number of rotatable bonds is 8. The van der Waals surface area contributed by atoms with Crippen LogP contribution in [-0.2, 0) is 16.4 Å². The second-order valence-corrected chi connectivity index (χ2v) is 11.4. The van der Waals surface area contributed by atoms with Crippen molar-refractivity contribution in [2.45, 2.75) is 37.5 Å². The maximum Gasteiger partial charge on any atom is 0.260 e. The molecule has 0 saturated heterocycles. The van der Waals surface area contributed by atoms with E-state index in [4.69, 9.17) is 9.72 Å². The van der Waals surface area contributed by atoms with Crippen molar-refractivity contribution in [3.05, 3.63) is 78.1 Å². The number of benzene rings is 2. The van der Waals surface area contributed by atoms with E-state index in [9.17, 15) is 13.2 Å². The van der Waals surface area contributed by atoms with Gasteiger partial charge in [0.2, 0.25) is 0 Å². The number of sulfone groups is 1. The molecule has 0 radical (unpaired) electrons. The third-order valence-electron chi connectivity index (χ3n) is 5.26. The average molecular weight is 496 g/mol. The molecule has 176 valence electrons. The molecule has 7 nitrogen and oxygen atoms in total. The number of anilines is 1. The normalized spacial score (nSPS) is 11.6. The summed E-state index contributed by atoms with van der Waals surface area (Å²) in [5, 5.41) is -0.0721. The summed E-state index contributed by atoms with van der Waals surface area (Å²) in [7, 11) is -3.52. The number of aromatic nitrogens is 2. The fraction of sp³-hybridized carbons (Fsp3) is 0.240. The van der Waals surface area contributed by atoms with E-state index in [1.54, 1.807) is 43.3 Å². The first-order valence-electron chi connectivity index (χ1n) is 10.9. The van der Waals surface area contributed by atoms with Crippen LogP contribution in [-0.4, -0.2) is 36.1 Å². The highest BCUT2D eigenvalue weighted by molar-refractivity contribution is 7.92. The van der Waals surface area contributed by atoms with Gasteiger partial charge in [0.25, 0.3) is 5.91 Å². The summed E-state index contributed by atoms with van der Waals surface area (Å²) in [5.41, 5.74) is 1.92. The predicted molar refractivity (Wildman–Crippen MR) is 134 cm³/mol. The quantitative estimate of drug-likeness (QED) is 0.337. The molecule has 2 aromatic heterocycles. The maximum absolute atomic E-state index is 13.7. The smallest absolute Gasteiger partial charge is 0.260 e. The van der Waals surface area contributed by atoms with Crippen molar-refractivity contribution in [3.8, 4) is 5.75 Å². The highest BCUT2D eigenvalue weighted by atomic mass is 32.2. The van der Waals surface area contributed by atoms with Crippen molar-refractivity contribution in [2.75, 3.05) is 11.5 Å². The molecule has 4 rings (SSSR count). The summed E-state index contributed by atoms with van der Waals surface area (Å²) in [6.07, 6.45) is 3.33. The third kappa shape index (κ3) is 4.95. The Morgan fingerprint density at radius 2 is 1.85 bits per heavy atom. The Labute approximate surface area is 203 Å². The summed E-state index contributed by atoms with van der Waals surface area (Å²) < 4.78 is 31.9. The summed E-state index contributed by atoms with van der Waals surface area (Å²) in [6, 6.07) is 15.5. The molecule has 0 bridgehead atoms. The van der Waals surface area contributed by atoms with Gasteiger partial charge in [-0.25, -0.2) is 13.4 Å². The summed E-state index contributed by atoms with van der Waals surface area (Å²) in [5.74, 6) is 0.408. The fourth-order valence-electron chi connectivity index (χ4n) is 3.40. The van der Waals surface area contributed by atoms with Crippen molar-refractivity contribution in [1.29, 1.82) is 0 Å². The van der Waals surface area contributed by atoms with Gasteiger partial charge in [0, 0.05) is 18.0 Å². The van der Waals surface area contributed by atoms with Crippen LogP contribution in [0, 0.1) is 0 Å². The minimum Gasteiger partial charge on any atom is -0.494 e. The van der Waals surface area contributed by atoms with Crippen LogP contribution < -0.4 is 9.64 Å². The zero-order valence-electron chi connectivity index (χ0n) is 19.1. The molecule has 0 aliphatic carbocycles. The standard InChI is InChI=1S/C25H25N3O4S2/c1-4-32-20-8-9-22-23(15-20)33-25(27-22)28(16-18-10-12-26-13-11-18)24(29)19-6-5-7-21(14-19)34(30,31)17(2)3/h5-15,17H,4,16H2,1-3H3. The van der Waals surface area contributed by atoms with E-state index in [1.807, 2.05) is 37.3 Å². The van der Waals surface area contributed by atoms with Crippen LogP contribution in [0.3, 0.4) is 0 Å². The van der Waals surface area contributed by atoms with E-state index in [0.717, 1.165) is 21.5 Å². The summed E-state index contributed by atoms with van der Waals surface area (Å²) in [6.45, 7) is 5.99. The van der Waals surface area contributed by atoms with E-state index in [0.29, 0.717) is 11.7 Å². The van der Waals surface area contributed by atoms with Gasteiger partial charge in [-0.3, -0.25) is 14.7 Å². The maximum atomic E-state index is 13.7. The molecule has 9 heteroatoms. The Kier molecular flexibility index (Phi) is 6.95. The molecule has 0 atom stereocenters. The number of fused-ring (bicyclic) bond motifs is 1. The Morgan fingerprint density at radius 3 is 2.56 bits per heavy atom. The molecule has 2 aromatic carbocycles. The van der Waals surface area contributed by atoms with E-state index < -0.39 is 15.1 Å². The Balaban J connectivity index is 1.77. The molecular formula is C25H25N3O4S2. The molecule has 0 fully saturated rings. The number of carbonyl (C=O) groups is 1. The second kappa shape index (κ2) is 9.90. The van der Waals surface area contributed by atoms with E-state index in [1.165, 1.54) is 23.5 Å². The molecule has 0 N–H and O–H groups in total. The number of hydrogen-bond donors (Lipinski definition) is 0. The molecule has 0 aliphatic rings. The molecule has 2 heterocycles. The zero-order valence-corrected chi connectivity index (χ0v) is 20.8. The largest absolute Gasteiger partial charge is 0.494 e. The highest BCUT2D eigenvalue weighted by Gasteiger charge is 2.25. The lowest BCUT2D eigenvalue weighted by Gasteiger charge is -2.20. The van der Waals surface area contributed by atoms with Crippen LogP contribution in [0.4, 0.5) is 5.13 Å². The van der Waals surface area contributed by atoms with Crippen molar-refractivity contribution < 1.29 is 17.9 Å². The number of amides is 1. The first-order chi connectivity index (χ1) is 16.3. The Hall–Kier alpha value is -3.30. The minimum atomic E-state index is -3.52. The van der Waals surface area contributed by atoms with Gasteiger partial charge in [-0.2, -0.15) is 0 Å². The topological polar surface area (TPSA) is 89.5 Å². The molecule has 0 spiro atoms. The van der Waals surface area contributed by atoms with Crippen LogP contribution in [0.25, 0.3) is 10.2 Å². The van der Waals surface area contributed by atoms with Gasteiger partial charge in [-0.1, -0.05) is 17.4 Å². The number of carbonyl (C=O) groups excluding carboxylic acids is 1. The highest BCUT2D eigenvalue weighted by Crippen LogP contribution is 2.33. The molecule has 0 aliphatic heterocycles. The van der Waals surface area contributed by atoms with Crippen LogP contribution >= 0.6 is 11.3 Å². The van der Waals surface area contributed by atoms with Crippen molar-refractivity contribution in [2.24, 2.45) is 0 Å². The number of hydrogen-bond acceptors (Lipinski definition) is 7. The number of ether oxygens (including phenoxy) is 1. The monoisotopic (exact) mass is 495 g/mol. The van der Waals surface area contributed by atoms with Gasteiger partial charge in [0.05, 0.1) is 33.5 Å². The van der Waals surface area contributed by atoms with Gasteiger partial charge < -0.3 is 4.74 Å². The van der Waals surface area contributed by atoms with Gasteiger partial charge in [-0.05, 0) is 74.9 Å². The number of pyridine rings is 1. The Morgan fingerprint density at radius 1 is 1.09 bits per heavy atom.